The molecule has 2 aromatic rings. The normalized spacial score (nSPS) is 14.3. The molecule has 0 aliphatic heterocycles. The lowest BCUT2D eigenvalue weighted by Gasteiger charge is -2.17. The van der Waals surface area contributed by atoms with Gasteiger partial charge in [0, 0.05) is 0 Å². The number of para-hydroxylation sites is 1. The lowest BCUT2D eigenvalue weighted by Crippen LogP contribution is -2.19. The Labute approximate surface area is 114 Å². The van der Waals surface area contributed by atoms with E-state index in [0.29, 0.717) is 5.92 Å². The molecule has 0 aliphatic rings. The smallest absolute Gasteiger partial charge is 0.100 e. The maximum Gasteiger partial charge on any atom is 0.100 e. The SMILES string of the molecule is CCC(C)CC(NC)c1cnn(-c2ccccc2)n1. The van der Waals surface area contributed by atoms with E-state index in [9.17, 15) is 0 Å². The summed E-state index contributed by atoms with van der Waals surface area (Å²) in [5.74, 6) is 0.680. The lowest BCUT2D eigenvalue weighted by molar-refractivity contribution is 0.414. The third-order valence-corrected chi connectivity index (χ3v) is 3.54. The molecule has 1 N–H and O–H groups in total. The first-order valence-electron chi connectivity index (χ1n) is 6.89. The molecule has 1 aromatic carbocycles. The highest BCUT2D eigenvalue weighted by Gasteiger charge is 2.16. The van der Waals surface area contributed by atoms with Crippen molar-refractivity contribution in [2.45, 2.75) is 32.7 Å². The summed E-state index contributed by atoms with van der Waals surface area (Å²) in [4.78, 5) is 1.69. The van der Waals surface area contributed by atoms with E-state index in [4.69, 9.17) is 0 Å². The van der Waals surface area contributed by atoms with Gasteiger partial charge < -0.3 is 5.32 Å². The van der Waals surface area contributed by atoms with Crippen LogP contribution in [0.1, 0.15) is 38.4 Å². The van der Waals surface area contributed by atoms with E-state index in [-0.39, 0.29) is 6.04 Å². The van der Waals surface area contributed by atoms with Crippen LogP contribution in [0.3, 0.4) is 0 Å². The van der Waals surface area contributed by atoms with Crippen molar-refractivity contribution < 1.29 is 0 Å². The fourth-order valence-electron chi connectivity index (χ4n) is 2.08. The Balaban J connectivity index is 2.15. The van der Waals surface area contributed by atoms with Crippen LogP contribution in [-0.4, -0.2) is 22.0 Å². The van der Waals surface area contributed by atoms with Crippen LogP contribution in [0.25, 0.3) is 5.69 Å². The van der Waals surface area contributed by atoms with Gasteiger partial charge >= 0.3 is 0 Å². The van der Waals surface area contributed by atoms with Crippen molar-refractivity contribution in [3.63, 3.8) is 0 Å². The van der Waals surface area contributed by atoms with E-state index >= 15 is 0 Å². The van der Waals surface area contributed by atoms with Gasteiger partial charge in [-0.2, -0.15) is 15.0 Å². The number of nitrogens with one attached hydrogen (secondary N) is 1. The van der Waals surface area contributed by atoms with Crippen LogP contribution in [0.15, 0.2) is 36.5 Å². The number of hydrogen-bond acceptors (Lipinski definition) is 3. The first kappa shape index (κ1) is 13.7. The van der Waals surface area contributed by atoms with Crippen molar-refractivity contribution in [3.05, 3.63) is 42.2 Å². The second-order valence-corrected chi connectivity index (χ2v) is 4.98. The third kappa shape index (κ3) is 3.41. The fourth-order valence-corrected chi connectivity index (χ4v) is 2.08. The Morgan fingerprint density at radius 3 is 2.63 bits per heavy atom. The highest BCUT2D eigenvalue weighted by atomic mass is 15.5. The molecule has 0 bridgehead atoms. The maximum absolute atomic E-state index is 4.58. The van der Waals surface area contributed by atoms with Crippen LogP contribution in [0.4, 0.5) is 0 Å². The molecule has 19 heavy (non-hydrogen) atoms. The lowest BCUT2D eigenvalue weighted by atomic mass is 9.98. The van der Waals surface area contributed by atoms with E-state index in [0.717, 1.165) is 17.8 Å². The highest BCUT2D eigenvalue weighted by molar-refractivity contribution is 5.28. The van der Waals surface area contributed by atoms with E-state index in [1.165, 1.54) is 6.42 Å². The minimum atomic E-state index is 0.271. The van der Waals surface area contributed by atoms with E-state index in [2.05, 4.69) is 29.4 Å². The van der Waals surface area contributed by atoms with Crippen molar-refractivity contribution >= 4 is 0 Å². The van der Waals surface area contributed by atoms with Crippen LogP contribution in [-0.2, 0) is 0 Å². The molecule has 4 nitrogen and oxygen atoms in total. The van der Waals surface area contributed by atoms with Gasteiger partial charge in [-0.25, -0.2) is 0 Å². The monoisotopic (exact) mass is 258 g/mol. The summed E-state index contributed by atoms with van der Waals surface area (Å²) in [7, 11) is 1.98. The van der Waals surface area contributed by atoms with Crippen molar-refractivity contribution in [1.82, 2.24) is 20.3 Å². The summed E-state index contributed by atoms with van der Waals surface area (Å²) in [6.45, 7) is 4.49. The molecule has 1 heterocycles. The summed E-state index contributed by atoms with van der Waals surface area (Å²) in [6, 6.07) is 10.3. The van der Waals surface area contributed by atoms with Crippen molar-refractivity contribution in [2.75, 3.05) is 7.05 Å². The quantitative estimate of drug-likeness (QED) is 0.866. The summed E-state index contributed by atoms with van der Waals surface area (Å²) in [6.07, 6.45) is 4.13. The van der Waals surface area contributed by atoms with Gasteiger partial charge in [-0.15, -0.1) is 0 Å². The molecule has 0 radical (unpaired) electrons. The van der Waals surface area contributed by atoms with Gasteiger partial charge in [0.1, 0.15) is 5.69 Å². The highest BCUT2D eigenvalue weighted by Crippen LogP contribution is 2.21. The summed E-state index contributed by atoms with van der Waals surface area (Å²) in [5, 5.41) is 12.3. The number of benzene rings is 1. The van der Waals surface area contributed by atoms with Crippen molar-refractivity contribution in [1.29, 1.82) is 0 Å². The Morgan fingerprint density at radius 1 is 1.26 bits per heavy atom. The number of rotatable bonds is 6. The zero-order chi connectivity index (χ0) is 13.7. The Kier molecular flexibility index (Phi) is 4.68. The summed E-state index contributed by atoms with van der Waals surface area (Å²) < 4.78 is 0. The zero-order valence-corrected chi connectivity index (χ0v) is 11.9. The van der Waals surface area contributed by atoms with Crippen LogP contribution in [0.5, 0.6) is 0 Å². The minimum absolute atomic E-state index is 0.271. The van der Waals surface area contributed by atoms with E-state index in [1.807, 2.05) is 43.6 Å². The van der Waals surface area contributed by atoms with Crippen LogP contribution in [0, 0.1) is 5.92 Å². The first-order chi connectivity index (χ1) is 9.24. The first-order valence-corrected chi connectivity index (χ1v) is 6.89. The number of hydrogen-bond donors (Lipinski definition) is 1. The molecule has 0 aliphatic carbocycles. The molecule has 2 atom stereocenters. The predicted molar refractivity (Wildman–Crippen MR) is 77.2 cm³/mol. The largest absolute Gasteiger partial charge is 0.312 e. The van der Waals surface area contributed by atoms with Gasteiger partial charge in [0.15, 0.2) is 0 Å². The predicted octanol–water partition coefficient (Wildman–Crippen LogP) is 2.96. The van der Waals surface area contributed by atoms with Crippen molar-refractivity contribution in [3.8, 4) is 5.69 Å². The molecule has 0 saturated carbocycles. The maximum atomic E-state index is 4.58. The molecule has 0 spiro atoms. The molecule has 2 rings (SSSR count). The van der Waals surface area contributed by atoms with Gasteiger partial charge in [-0.3, -0.25) is 0 Å². The molecule has 2 unspecified atom stereocenters. The molecule has 102 valence electrons. The molecule has 0 saturated heterocycles. The Morgan fingerprint density at radius 2 is 2.00 bits per heavy atom. The summed E-state index contributed by atoms with van der Waals surface area (Å²) >= 11 is 0. The van der Waals surface area contributed by atoms with E-state index in [1.54, 1.807) is 4.80 Å². The molecule has 0 amide bonds. The molecular weight excluding hydrogens is 236 g/mol. The van der Waals surface area contributed by atoms with Gasteiger partial charge in [-0.1, -0.05) is 38.5 Å². The van der Waals surface area contributed by atoms with Gasteiger partial charge in [0.25, 0.3) is 0 Å². The second kappa shape index (κ2) is 6.48. The zero-order valence-electron chi connectivity index (χ0n) is 11.9. The standard InChI is InChI=1S/C15H22N4/c1-4-12(2)10-14(16-3)15-11-17-19(18-15)13-8-6-5-7-9-13/h5-9,11-12,14,16H,4,10H2,1-3H3. The van der Waals surface area contributed by atoms with Crippen LogP contribution >= 0.6 is 0 Å². The van der Waals surface area contributed by atoms with Gasteiger partial charge in [0.2, 0.25) is 0 Å². The third-order valence-electron chi connectivity index (χ3n) is 3.54. The number of aromatic nitrogens is 3. The molecule has 0 fully saturated rings. The summed E-state index contributed by atoms with van der Waals surface area (Å²) in [5.41, 5.74) is 2.00. The Hall–Kier alpha value is -1.68. The number of nitrogens with zero attached hydrogens (tertiary/aromatic N) is 3. The molecular formula is C15H22N4. The molecule has 4 heteroatoms. The van der Waals surface area contributed by atoms with Gasteiger partial charge in [-0.05, 0) is 31.5 Å². The second-order valence-electron chi connectivity index (χ2n) is 4.98. The van der Waals surface area contributed by atoms with Crippen LogP contribution < -0.4 is 5.32 Å². The Bertz CT molecular complexity index is 492. The minimum Gasteiger partial charge on any atom is -0.312 e. The van der Waals surface area contributed by atoms with Crippen LogP contribution in [0.2, 0.25) is 0 Å². The molecule has 1 aromatic heterocycles. The van der Waals surface area contributed by atoms with E-state index < -0.39 is 0 Å². The topological polar surface area (TPSA) is 42.7 Å². The fraction of sp³-hybridized carbons (Fsp3) is 0.467. The average molecular weight is 258 g/mol. The van der Waals surface area contributed by atoms with Crippen molar-refractivity contribution in [2.24, 2.45) is 5.92 Å². The average Bonchev–Trinajstić information content (AvgIpc) is 2.95. The van der Waals surface area contributed by atoms with Gasteiger partial charge in [0.05, 0.1) is 17.9 Å².